The molecule has 0 saturated carbocycles. The van der Waals surface area contributed by atoms with Gasteiger partial charge in [0.05, 0.1) is 11.4 Å². The maximum atomic E-state index is 13.2. The summed E-state index contributed by atoms with van der Waals surface area (Å²) in [5.41, 5.74) is 0. The molecule has 0 aliphatic carbocycles. The van der Waals surface area contributed by atoms with E-state index in [0.29, 0.717) is 35.4 Å². The fourth-order valence-corrected chi connectivity index (χ4v) is 5.37. The summed E-state index contributed by atoms with van der Waals surface area (Å²) in [6, 6.07) is 10.4. The molecule has 2 aromatic carbocycles. The summed E-state index contributed by atoms with van der Waals surface area (Å²) in [7, 11) is -3.65. The molecule has 1 atom stereocenters. The van der Waals surface area contributed by atoms with Crippen molar-refractivity contribution in [3.63, 3.8) is 0 Å². The number of nitrogens with one attached hydrogen (secondary N) is 1. The van der Waals surface area contributed by atoms with Crippen LogP contribution in [0.3, 0.4) is 0 Å². The van der Waals surface area contributed by atoms with E-state index in [4.69, 9.17) is 16.7 Å². The SMILES string of the molecule is Cl.O=C(O)CNCC1CCCN(S(=O)(=O)c2ccc(Cl)c3ccccc23)C1. The van der Waals surface area contributed by atoms with Crippen molar-refractivity contribution in [1.29, 1.82) is 0 Å². The minimum atomic E-state index is -3.65. The Kier molecular flexibility index (Phi) is 7.47. The Labute approximate surface area is 170 Å². The van der Waals surface area contributed by atoms with Gasteiger partial charge in [0.2, 0.25) is 10.0 Å². The van der Waals surface area contributed by atoms with E-state index in [1.54, 1.807) is 24.3 Å². The number of hydrogen-bond donors (Lipinski definition) is 2. The third-order valence-corrected chi connectivity index (χ3v) is 6.89. The molecule has 27 heavy (non-hydrogen) atoms. The molecule has 0 amide bonds. The summed E-state index contributed by atoms with van der Waals surface area (Å²) < 4.78 is 27.9. The number of carboxylic acids is 1. The lowest BCUT2D eigenvalue weighted by atomic mass is 10.00. The van der Waals surface area contributed by atoms with E-state index in [-0.39, 0.29) is 29.8 Å². The lowest BCUT2D eigenvalue weighted by molar-refractivity contribution is -0.136. The summed E-state index contributed by atoms with van der Waals surface area (Å²) in [5, 5.41) is 13.4. The fraction of sp³-hybridized carbons (Fsp3) is 0.389. The van der Waals surface area contributed by atoms with Crippen LogP contribution in [0, 0.1) is 5.92 Å². The number of benzene rings is 2. The molecule has 0 radical (unpaired) electrons. The fourth-order valence-electron chi connectivity index (χ4n) is 3.39. The molecule has 1 aliphatic rings. The molecule has 1 saturated heterocycles. The van der Waals surface area contributed by atoms with E-state index in [2.05, 4.69) is 5.32 Å². The van der Waals surface area contributed by atoms with Gasteiger partial charge in [0.1, 0.15) is 0 Å². The van der Waals surface area contributed by atoms with Crippen LogP contribution in [0.5, 0.6) is 0 Å². The number of nitrogens with zero attached hydrogens (tertiary/aromatic N) is 1. The summed E-state index contributed by atoms with van der Waals surface area (Å²) in [5.74, 6) is -0.825. The van der Waals surface area contributed by atoms with Gasteiger partial charge in [-0.05, 0) is 37.4 Å². The molecule has 1 heterocycles. The van der Waals surface area contributed by atoms with Gasteiger partial charge < -0.3 is 10.4 Å². The zero-order valence-corrected chi connectivity index (χ0v) is 17.0. The van der Waals surface area contributed by atoms with Gasteiger partial charge in [0, 0.05) is 28.9 Å². The second kappa shape index (κ2) is 9.21. The Balaban J connectivity index is 0.00000261. The second-order valence-corrected chi connectivity index (χ2v) is 8.80. The average molecular weight is 433 g/mol. The van der Waals surface area contributed by atoms with Crippen LogP contribution in [-0.4, -0.2) is 50.0 Å². The van der Waals surface area contributed by atoms with E-state index in [0.717, 1.165) is 12.8 Å². The summed E-state index contributed by atoms with van der Waals surface area (Å²) in [6.07, 6.45) is 1.63. The minimum Gasteiger partial charge on any atom is -0.480 e. The standard InChI is InChI=1S/C18H21ClN2O4S.ClH/c19-16-7-8-17(15-6-2-1-5-14(15)16)26(24,25)21-9-3-4-13(12-21)10-20-11-18(22)23;/h1-2,5-8,13,20H,3-4,9-12H2,(H,22,23);1H. The Morgan fingerprint density at radius 3 is 2.63 bits per heavy atom. The average Bonchev–Trinajstić information content (AvgIpc) is 2.62. The molecule has 2 N–H and O–H groups in total. The molecule has 1 unspecified atom stereocenters. The number of carbonyl (C=O) groups is 1. The van der Waals surface area contributed by atoms with Gasteiger partial charge in [0.25, 0.3) is 0 Å². The van der Waals surface area contributed by atoms with Gasteiger partial charge in [-0.3, -0.25) is 4.79 Å². The van der Waals surface area contributed by atoms with Crippen molar-refractivity contribution in [2.75, 3.05) is 26.2 Å². The first-order valence-corrected chi connectivity index (χ1v) is 10.3. The van der Waals surface area contributed by atoms with Crippen molar-refractivity contribution in [2.24, 2.45) is 5.92 Å². The van der Waals surface area contributed by atoms with E-state index >= 15 is 0 Å². The largest absolute Gasteiger partial charge is 0.480 e. The van der Waals surface area contributed by atoms with Crippen molar-refractivity contribution in [3.05, 3.63) is 41.4 Å². The maximum Gasteiger partial charge on any atom is 0.317 e. The summed E-state index contributed by atoms with van der Waals surface area (Å²) in [6.45, 7) is 1.21. The zero-order valence-electron chi connectivity index (χ0n) is 14.6. The van der Waals surface area contributed by atoms with Crippen LogP contribution in [-0.2, 0) is 14.8 Å². The van der Waals surface area contributed by atoms with E-state index < -0.39 is 16.0 Å². The third kappa shape index (κ3) is 4.92. The quantitative estimate of drug-likeness (QED) is 0.732. The number of halogens is 2. The Morgan fingerprint density at radius 1 is 1.22 bits per heavy atom. The first kappa shape index (κ1) is 21.9. The zero-order chi connectivity index (χ0) is 18.7. The van der Waals surface area contributed by atoms with E-state index in [1.807, 2.05) is 12.1 Å². The Morgan fingerprint density at radius 2 is 1.93 bits per heavy atom. The van der Waals surface area contributed by atoms with Gasteiger partial charge in [-0.15, -0.1) is 12.4 Å². The van der Waals surface area contributed by atoms with Gasteiger partial charge >= 0.3 is 5.97 Å². The topological polar surface area (TPSA) is 86.7 Å². The minimum absolute atomic E-state index is 0. The predicted molar refractivity (Wildman–Crippen MR) is 108 cm³/mol. The number of fused-ring (bicyclic) bond motifs is 1. The highest BCUT2D eigenvalue weighted by Crippen LogP contribution is 2.32. The van der Waals surface area contributed by atoms with Crippen LogP contribution in [0.4, 0.5) is 0 Å². The Bertz CT molecular complexity index is 921. The first-order chi connectivity index (χ1) is 12.4. The molecule has 6 nitrogen and oxygen atoms in total. The van der Waals surface area contributed by atoms with Gasteiger partial charge in [-0.1, -0.05) is 35.9 Å². The van der Waals surface area contributed by atoms with Gasteiger partial charge in [-0.2, -0.15) is 4.31 Å². The van der Waals surface area contributed by atoms with Crippen molar-refractivity contribution in [3.8, 4) is 0 Å². The van der Waals surface area contributed by atoms with E-state index in [9.17, 15) is 13.2 Å². The van der Waals surface area contributed by atoms with Crippen molar-refractivity contribution in [2.45, 2.75) is 17.7 Å². The van der Waals surface area contributed by atoms with Crippen molar-refractivity contribution >= 4 is 50.8 Å². The molecule has 3 rings (SSSR count). The third-order valence-electron chi connectivity index (χ3n) is 4.64. The molecular formula is C18H22Cl2N2O4S. The molecule has 0 aromatic heterocycles. The second-order valence-electron chi connectivity index (χ2n) is 6.49. The van der Waals surface area contributed by atoms with Crippen LogP contribution in [0.15, 0.2) is 41.3 Å². The molecule has 2 aromatic rings. The number of sulfonamides is 1. The monoisotopic (exact) mass is 432 g/mol. The number of carboxylic acid groups (broad SMARTS) is 1. The van der Waals surface area contributed by atoms with Crippen LogP contribution < -0.4 is 5.32 Å². The lowest BCUT2D eigenvalue weighted by Gasteiger charge is -2.32. The molecular weight excluding hydrogens is 411 g/mol. The number of aliphatic carboxylic acids is 1. The number of hydrogen-bond acceptors (Lipinski definition) is 4. The number of piperidine rings is 1. The molecule has 0 spiro atoms. The Hall–Kier alpha value is -1.38. The van der Waals surface area contributed by atoms with Crippen LogP contribution >= 0.6 is 24.0 Å². The predicted octanol–water partition coefficient (Wildman–Crippen LogP) is 2.99. The highest BCUT2D eigenvalue weighted by Gasteiger charge is 2.31. The van der Waals surface area contributed by atoms with E-state index in [1.165, 1.54) is 4.31 Å². The number of rotatable bonds is 6. The molecule has 148 valence electrons. The normalized spacial score (nSPS) is 18.2. The van der Waals surface area contributed by atoms with Crippen molar-refractivity contribution < 1.29 is 18.3 Å². The van der Waals surface area contributed by atoms with Crippen LogP contribution in [0.25, 0.3) is 10.8 Å². The van der Waals surface area contributed by atoms with Gasteiger partial charge in [0.15, 0.2) is 0 Å². The highest BCUT2D eigenvalue weighted by atomic mass is 35.5. The maximum absolute atomic E-state index is 13.2. The first-order valence-electron chi connectivity index (χ1n) is 8.49. The highest BCUT2D eigenvalue weighted by molar-refractivity contribution is 7.89. The van der Waals surface area contributed by atoms with Gasteiger partial charge in [-0.25, -0.2) is 8.42 Å². The van der Waals surface area contributed by atoms with Crippen LogP contribution in [0.2, 0.25) is 5.02 Å². The smallest absolute Gasteiger partial charge is 0.317 e. The summed E-state index contributed by atoms with van der Waals surface area (Å²) >= 11 is 6.21. The molecule has 1 fully saturated rings. The summed E-state index contributed by atoms with van der Waals surface area (Å²) in [4.78, 5) is 10.9. The van der Waals surface area contributed by atoms with Crippen LogP contribution in [0.1, 0.15) is 12.8 Å². The lowest BCUT2D eigenvalue weighted by Crippen LogP contribution is -2.43. The molecule has 1 aliphatic heterocycles. The van der Waals surface area contributed by atoms with Crippen molar-refractivity contribution in [1.82, 2.24) is 9.62 Å². The molecule has 0 bridgehead atoms. The molecule has 9 heteroatoms.